The molecule has 7 heteroatoms. The molecular weight excluding hydrogens is 314 g/mol. The first kappa shape index (κ1) is 19.7. The third-order valence-corrected chi connectivity index (χ3v) is 4.78. The van der Waals surface area contributed by atoms with Gasteiger partial charge < -0.3 is 10.1 Å². The van der Waals surface area contributed by atoms with E-state index in [0.717, 1.165) is 25.0 Å². The van der Waals surface area contributed by atoms with Gasteiger partial charge in [0.2, 0.25) is 5.91 Å². The van der Waals surface area contributed by atoms with Crippen molar-refractivity contribution in [3.05, 3.63) is 22.1 Å². The van der Waals surface area contributed by atoms with E-state index in [1.165, 1.54) is 16.3 Å². The van der Waals surface area contributed by atoms with Crippen molar-refractivity contribution in [2.24, 2.45) is 7.05 Å². The van der Waals surface area contributed by atoms with E-state index in [1.54, 1.807) is 20.2 Å². The van der Waals surface area contributed by atoms with Crippen molar-refractivity contribution in [1.29, 1.82) is 0 Å². The fourth-order valence-electron chi connectivity index (χ4n) is 2.00. The molecule has 0 spiro atoms. The zero-order valence-electron chi connectivity index (χ0n) is 14.4. The van der Waals surface area contributed by atoms with Crippen molar-refractivity contribution >= 4 is 17.7 Å². The minimum atomic E-state index is -0.253. The van der Waals surface area contributed by atoms with E-state index in [-0.39, 0.29) is 16.7 Å². The van der Waals surface area contributed by atoms with E-state index in [1.807, 2.05) is 6.92 Å². The highest BCUT2D eigenvalue weighted by Crippen LogP contribution is 2.24. The minimum Gasteiger partial charge on any atom is -0.383 e. The second-order valence-electron chi connectivity index (χ2n) is 5.31. The van der Waals surface area contributed by atoms with Gasteiger partial charge in [-0.2, -0.15) is 0 Å². The molecule has 1 amide bonds. The zero-order chi connectivity index (χ0) is 17.2. The molecule has 0 aliphatic heterocycles. The molecule has 1 aromatic rings. The summed E-state index contributed by atoms with van der Waals surface area (Å²) in [5, 5.41) is 3.22. The van der Waals surface area contributed by atoms with Gasteiger partial charge in [-0.25, -0.2) is 4.98 Å². The minimum absolute atomic E-state index is 0.0309. The summed E-state index contributed by atoms with van der Waals surface area (Å²) in [4.78, 5) is 28.9. The zero-order valence-corrected chi connectivity index (χ0v) is 15.2. The van der Waals surface area contributed by atoms with Gasteiger partial charge in [-0.1, -0.05) is 38.5 Å². The number of rotatable bonds is 10. The summed E-state index contributed by atoms with van der Waals surface area (Å²) >= 11 is 1.36. The number of thioether (sulfide) groups is 1. The predicted molar refractivity (Wildman–Crippen MR) is 92.9 cm³/mol. The van der Waals surface area contributed by atoms with Crippen LogP contribution in [-0.4, -0.2) is 41.0 Å². The smallest absolute Gasteiger partial charge is 0.254 e. The Morgan fingerprint density at radius 3 is 2.83 bits per heavy atom. The maximum Gasteiger partial charge on any atom is 0.254 e. The number of carbonyl (C=O) groups excluding carboxylic acids is 1. The van der Waals surface area contributed by atoms with Gasteiger partial charge in [-0.15, -0.1) is 0 Å². The molecule has 1 aromatic heterocycles. The number of amides is 1. The molecule has 1 heterocycles. The van der Waals surface area contributed by atoms with Gasteiger partial charge in [-0.3, -0.25) is 14.2 Å². The molecule has 1 rings (SSSR count). The van der Waals surface area contributed by atoms with E-state index in [4.69, 9.17) is 4.74 Å². The monoisotopic (exact) mass is 341 g/mol. The van der Waals surface area contributed by atoms with Crippen LogP contribution in [0.25, 0.3) is 0 Å². The number of hydrogen-bond acceptors (Lipinski definition) is 5. The van der Waals surface area contributed by atoms with Gasteiger partial charge in [0.1, 0.15) is 0 Å². The lowest BCUT2D eigenvalue weighted by Crippen LogP contribution is -2.35. The lowest BCUT2D eigenvalue weighted by Gasteiger charge is -2.17. The Kier molecular flexibility index (Phi) is 8.94. The van der Waals surface area contributed by atoms with E-state index in [0.29, 0.717) is 24.7 Å². The van der Waals surface area contributed by atoms with Crippen LogP contribution in [0.1, 0.15) is 38.8 Å². The molecule has 0 fully saturated rings. The third kappa shape index (κ3) is 6.35. The van der Waals surface area contributed by atoms with Gasteiger partial charge in [-0.05, 0) is 12.8 Å². The molecule has 1 unspecified atom stereocenters. The molecule has 0 bridgehead atoms. The van der Waals surface area contributed by atoms with Crippen LogP contribution in [0.3, 0.4) is 0 Å². The number of carbonyl (C=O) groups is 1. The van der Waals surface area contributed by atoms with Gasteiger partial charge in [0, 0.05) is 32.5 Å². The summed E-state index contributed by atoms with van der Waals surface area (Å²) in [5.41, 5.74) is 0.665. The quantitative estimate of drug-likeness (QED) is 0.399. The number of methoxy groups -OCH3 is 1. The first-order valence-electron chi connectivity index (χ1n) is 8.03. The van der Waals surface area contributed by atoms with E-state index in [2.05, 4.69) is 17.2 Å². The molecule has 130 valence electrons. The van der Waals surface area contributed by atoms with Crippen LogP contribution in [0.15, 0.2) is 16.0 Å². The van der Waals surface area contributed by atoms with Gasteiger partial charge in [0.05, 0.1) is 11.9 Å². The average molecular weight is 341 g/mol. The van der Waals surface area contributed by atoms with Crippen LogP contribution in [0.5, 0.6) is 0 Å². The Balaban J connectivity index is 2.90. The van der Waals surface area contributed by atoms with Crippen LogP contribution in [0.4, 0.5) is 0 Å². The average Bonchev–Trinajstić information content (AvgIpc) is 2.55. The summed E-state index contributed by atoms with van der Waals surface area (Å²) in [6, 6.07) is 1.55. The Morgan fingerprint density at radius 2 is 2.22 bits per heavy atom. The molecule has 0 saturated carbocycles. The summed E-state index contributed by atoms with van der Waals surface area (Å²) < 4.78 is 6.46. The van der Waals surface area contributed by atoms with Crippen LogP contribution >= 0.6 is 11.8 Å². The second kappa shape index (κ2) is 10.4. The van der Waals surface area contributed by atoms with Crippen molar-refractivity contribution in [1.82, 2.24) is 14.9 Å². The number of ether oxygens (including phenoxy) is 1. The molecule has 23 heavy (non-hydrogen) atoms. The van der Waals surface area contributed by atoms with E-state index >= 15 is 0 Å². The van der Waals surface area contributed by atoms with Gasteiger partial charge >= 0.3 is 0 Å². The molecule has 0 aliphatic carbocycles. The first-order chi connectivity index (χ1) is 11.0. The number of nitrogens with zero attached hydrogens (tertiary/aromatic N) is 2. The molecule has 0 aromatic carbocycles. The molecule has 1 atom stereocenters. The fourth-order valence-corrected chi connectivity index (χ4v) is 3.15. The Labute approximate surface area is 142 Å². The molecule has 0 aliphatic rings. The number of nitrogens with one attached hydrogen (secondary N) is 1. The van der Waals surface area contributed by atoms with Crippen molar-refractivity contribution < 1.29 is 9.53 Å². The Hall–Kier alpha value is -1.34. The van der Waals surface area contributed by atoms with E-state index < -0.39 is 0 Å². The van der Waals surface area contributed by atoms with Crippen molar-refractivity contribution in [2.75, 3.05) is 20.3 Å². The standard InChI is InChI=1S/C16H27N3O3S/c1-5-7-8-13(15(21)17-9-10-22-4)23-16-18-12(6-2)11-14(20)19(16)3/h11,13H,5-10H2,1-4H3,(H,17,21). The number of hydrogen-bond donors (Lipinski definition) is 1. The van der Waals surface area contributed by atoms with E-state index in [9.17, 15) is 9.59 Å². The normalized spacial score (nSPS) is 12.2. The third-order valence-electron chi connectivity index (χ3n) is 3.47. The summed E-state index contributed by atoms with van der Waals surface area (Å²) in [6.45, 7) is 5.03. The highest BCUT2D eigenvalue weighted by Gasteiger charge is 2.21. The van der Waals surface area contributed by atoms with Gasteiger partial charge in [0.25, 0.3) is 5.56 Å². The number of aryl methyl sites for hydroxylation is 1. The van der Waals surface area contributed by atoms with Crippen LogP contribution < -0.4 is 10.9 Å². The summed E-state index contributed by atoms with van der Waals surface area (Å²) in [6.07, 6.45) is 3.43. The molecular formula is C16H27N3O3S. The highest BCUT2D eigenvalue weighted by atomic mass is 32.2. The second-order valence-corrected chi connectivity index (χ2v) is 6.48. The molecule has 1 N–H and O–H groups in total. The fraction of sp³-hybridized carbons (Fsp3) is 0.688. The summed E-state index contributed by atoms with van der Waals surface area (Å²) in [5.74, 6) is -0.0309. The predicted octanol–water partition coefficient (Wildman–Crippen LogP) is 1.76. The van der Waals surface area contributed by atoms with Gasteiger partial charge in [0.15, 0.2) is 5.16 Å². The number of unbranched alkanes of at least 4 members (excludes halogenated alkanes) is 1. The molecule has 6 nitrogen and oxygen atoms in total. The highest BCUT2D eigenvalue weighted by molar-refractivity contribution is 8.00. The largest absolute Gasteiger partial charge is 0.383 e. The summed E-state index contributed by atoms with van der Waals surface area (Å²) in [7, 11) is 3.29. The SMILES string of the molecule is CCCCC(Sc1nc(CC)cc(=O)n1C)C(=O)NCCOC. The van der Waals surface area contributed by atoms with Crippen molar-refractivity contribution in [2.45, 2.75) is 49.9 Å². The Morgan fingerprint density at radius 1 is 1.48 bits per heavy atom. The molecule has 0 saturated heterocycles. The van der Waals surface area contributed by atoms with Crippen LogP contribution in [0.2, 0.25) is 0 Å². The van der Waals surface area contributed by atoms with Crippen LogP contribution in [-0.2, 0) is 23.0 Å². The maximum absolute atomic E-state index is 12.4. The Bertz CT molecular complexity index is 560. The molecule has 0 radical (unpaired) electrons. The number of aromatic nitrogens is 2. The van der Waals surface area contributed by atoms with Crippen LogP contribution in [0, 0.1) is 0 Å². The topological polar surface area (TPSA) is 73.2 Å². The maximum atomic E-state index is 12.4. The lowest BCUT2D eigenvalue weighted by molar-refractivity contribution is -0.120. The van der Waals surface area contributed by atoms with Crippen molar-refractivity contribution in [3.8, 4) is 0 Å². The lowest BCUT2D eigenvalue weighted by atomic mass is 10.2. The first-order valence-corrected chi connectivity index (χ1v) is 8.91. The van der Waals surface area contributed by atoms with Crippen molar-refractivity contribution in [3.63, 3.8) is 0 Å².